The number of terminal acetylenes is 2. The summed E-state index contributed by atoms with van der Waals surface area (Å²) < 4.78 is 0. The normalized spacial score (nSPS) is 5.44. The Bertz CT molecular complexity index is 266. The van der Waals surface area contributed by atoms with Gasteiger partial charge in [0.15, 0.2) is 0 Å². The molecule has 6 nitrogen and oxygen atoms in total. The van der Waals surface area contributed by atoms with E-state index in [4.69, 9.17) is 23.9 Å². The predicted molar refractivity (Wildman–Crippen MR) is 73.9 cm³/mol. The molecule has 18 heavy (non-hydrogen) atoms. The van der Waals surface area contributed by atoms with Crippen molar-refractivity contribution in [2.45, 2.75) is 40.5 Å². The number of rotatable bonds is 2. The van der Waals surface area contributed by atoms with E-state index in [9.17, 15) is 0 Å². The van der Waals surface area contributed by atoms with E-state index in [0.717, 1.165) is 12.8 Å². The fourth-order valence-corrected chi connectivity index (χ4v) is 0.141. The van der Waals surface area contributed by atoms with Crippen molar-refractivity contribution in [3.8, 4) is 24.7 Å². The lowest BCUT2D eigenvalue weighted by Gasteiger charge is -1.52. The van der Waals surface area contributed by atoms with E-state index in [1.54, 1.807) is 0 Å². The van der Waals surface area contributed by atoms with E-state index >= 15 is 0 Å². The monoisotopic (exact) mass is 252 g/mol. The van der Waals surface area contributed by atoms with Gasteiger partial charge in [-0.2, -0.15) is 0 Å². The standard InChI is InChI=1S/2C4H6.2C2H6N3/c2*1-3-4-2;2*1-2-4-5-3/h2*1H,4H2,2H3;2*3H,2H2,1H3/q;;2*+1. The highest BCUT2D eigenvalue weighted by molar-refractivity contribution is 4.80. The summed E-state index contributed by atoms with van der Waals surface area (Å²) in [7, 11) is 0. The van der Waals surface area contributed by atoms with Crippen LogP contribution in [0.15, 0.2) is 10.2 Å². The zero-order valence-corrected chi connectivity index (χ0v) is 11.8. The third-order valence-electron chi connectivity index (χ3n) is 0.833. The van der Waals surface area contributed by atoms with E-state index in [1.807, 2.05) is 27.7 Å². The summed E-state index contributed by atoms with van der Waals surface area (Å²) in [4.78, 5) is 5.46. The molecule has 0 radical (unpaired) electrons. The molecule has 0 aliphatic heterocycles. The Kier molecular flexibility index (Phi) is 64.0. The second kappa shape index (κ2) is 46.5. The Morgan fingerprint density at radius 2 is 1.06 bits per heavy atom. The number of nitrogens with zero attached hydrogens (tertiary/aromatic N) is 4. The highest BCUT2D eigenvalue weighted by Gasteiger charge is 1.65. The summed E-state index contributed by atoms with van der Waals surface area (Å²) >= 11 is 0. The molecule has 0 atom stereocenters. The van der Waals surface area contributed by atoms with Crippen molar-refractivity contribution in [3.63, 3.8) is 0 Å². The van der Waals surface area contributed by atoms with Gasteiger partial charge in [-0.05, 0) is 13.8 Å². The highest BCUT2D eigenvalue weighted by atomic mass is 15.1. The predicted octanol–water partition coefficient (Wildman–Crippen LogP) is 3.17. The first-order valence-electron chi connectivity index (χ1n) is 5.59. The molecule has 0 aromatic heterocycles. The smallest absolute Gasteiger partial charge is 0.120 e. The number of hydrogen-bond donors (Lipinski definition) is 2. The van der Waals surface area contributed by atoms with Crippen LogP contribution in [0.1, 0.15) is 40.5 Å². The van der Waals surface area contributed by atoms with Crippen LogP contribution in [-0.2, 0) is 0 Å². The van der Waals surface area contributed by atoms with Crippen LogP contribution in [0.4, 0.5) is 0 Å². The fourth-order valence-electron chi connectivity index (χ4n) is 0.141. The van der Waals surface area contributed by atoms with Crippen molar-refractivity contribution in [2.24, 2.45) is 10.2 Å². The van der Waals surface area contributed by atoms with Crippen LogP contribution in [0.3, 0.4) is 0 Å². The lowest BCUT2D eigenvalue weighted by molar-refractivity contribution is 0.886. The molecule has 0 spiro atoms. The quantitative estimate of drug-likeness (QED) is 0.428. The number of nitrogens with one attached hydrogen (secondary N) is 2. The maximum Gasteiger partial charge on any atom is 0.214 e. The molecule has 0 aromatic carbocycles. The summed E-state index contributed by atoms with van der Waals surface area (Å²) in [6.07, 6.45) is 11.2. The van der Waals surface area contributed by atoms with Crippen LogP contribution in [0.25, 0.3) is 0 Å². The Hall–Kier alpha value is -2.26. The van der Waals surface area contributed by atoms with Crippen molar-refractivity contribution in [2.75, 3.05) is 13.1 Å². The summed E-state index contributed by atoms with van der Waals surface area (Å²) in [5.74, 6) is 4.86. The molecule has 0 saturated heterocycles. The molecule has 0 aromatic rings. The van der Waals surface area contributed by atoms with Gasteiger partial charge < -0.3 is 0 Å². The molecule has 0 amide bonds. The fraction of sp³-hybridized carbons (Fsp3) is 0.667. The minimum atomic E-state index is 0.615. The summed E-state index contributed by atoms with van der Waals surface area (Å²) in [6.45, 7) is 8.78. The van der Waals surface area contributed by atoms with Crippen LogP contribution < -0.4 is 9.82 Å². The molecule has 0 fully saturated rings. The molecule has 0 bridgehead atoms. The molecule has 0 heterocycles. The zero-order chi connectivity index (χ0) is 15.1. The average Bonchev–Trinajstić information content (AvgIpc) is 2.42. The van der Waals surface area contributed by atoms with Crippen molar-refractivity contribution < 1.29 is 0 Å². The lowest BCUT2D eigenvalue weighted by Crippen LogP contribution is -1.61. The van der Waals surface area contributed by atoms with E-state index in [0.29, 0.717) is 13.1 Å². The van der Waals surface area contributed by atoms with Gasteiger partial charge in [-0.15, -0.1) is 24.7 Å². The van der Waals surface area contributed by atoms with Crippen molar-refractivity contribution in [1.29, 1.82) is 11.1 Å². The summed E-state index contributed by atoms with van der Waals surface area (Å²) in [6, 6.07) is 0. The molecule has 2 N–H and O–H groups in total. The van der Waals surface area contributed by atoms with E-state index in [2.05, 4.69) is 31.9 Å². The van der Waals surface area contributed by atoms with Gasteiger partial charge in [-0.25, -0.2) is 0 Å². The molecule has 0 rings (SSSR count). The molecular formula is C12H24N6+2. The maximum atomic E-state index is 6.06. The molecule has 100 valence electrons. The summed E-state index contributed by atoms with van der Waals surface area (Å²) in [5, 5.41) is 6.53. The molecule has 0 aliphatic rings. The molecule has 6 heteroatoms. The average molecular weight is 252 g/mol. The number of hydrogen-bond acceptors (Lipinski definition) is 4. The molecule has 0 saturated carbocycles. The Labute approximate surface area is 110 Å². The van der Waals surface area contributed by atoms with Crippen LogP contribution in [-0.4, -0.2) is 13.1 Å². The van der Waals surface area contributed by atoms with Crippen LogP contribution in [0, 0.1) is 35.7 Å². The first kappa shape index (κ1) is 24.8. The largest absolute Gasteiger partial charge is 0.214 e. The second-order valence-electron chi connectivity index (χ2n) is 2.23. The van der Waals surface area contributed by atoms with E-state index < -0.39 is 0 Å². The first-order valence-corrected chi connectivity index (χ1v) is 5.59. The van der Waals surface area contributed by atoms with E-state index in [1.165, 1.54) is 0 Å². The van der Waals surface area contributed by atoms with Gasteiger partial charge in [0.2, 0.25) is 9.82 Å². The van der Waals surface area contributed by atoms with Gasteiger partial charge in [0.1, 0.15) is 34.4 Å². The Balaban J connectivity index is -0.0000000731. The van der Waals surface area contributed by atoms with Gasteiger partial charge >= 0.3 is 0 Å². The SMILES string of the molecule is C#CCC.C#CCC.CCN=[N+]=N.CCN=[N+]=N. The van der Waals surface area contributed by atoms with Crippen LogP contribution >= 0.6 is 0 Å². The van der Waals surface area contributed by atoms with Crippen molar-refractivity contribution in [3.05, 3.63) is 0 Å². The van der Waals surface area contributed by atoms with Crippen LogP contribution in [0.2, 0.25) is 0 Å². The minimum absolute atomic E-state index is 0.615. The maximum absolute atomic E-state index is 6.06. The van der Waals surface area contributed by atoms with Gasteiger partial charge in [0, 0.05) is 12.8 Å². The van der Waals surface area contributed by atoms with Gasteiger partial charge in [0.05, 0.1) is 0 Å². The van der Waals surface area contributed by atoms with Crippen LogP contribution in [0.5, 0.6) is 0 Å². The van der Waals surface area contributed by atoms with Crippen molar-refractivity contribution in [1.82, 2.24) is 9.82 Å². The van der Waals surface area contributed by atoms with Crippen molar-refractivity contribution >= 4 is 0 Å². The third-order valence-corrected chi connectivity index (χ3v) is 0.833. The molecule has 0 aliphatic carbocycles. The Morgan fingerprint density at radius 3 is 1.06 bits per heavy atom. The minimum Gasteiger partial charge on any atom is -0.120 e. The zero-order valence-electron chi connectivity index (χ0n) is 11.8. The van der Waals surface area contributed by atoms with E-state index in [-0.39, 0.29) is 0 Å². The topological polar surface area (TPSA) is 101 Å². The molecular weight excluding hydrogens is 228 g/mol. The summed E-state index contributed by atoms with van der Waals surface area (Å²) in [5.41, 5.74) is 12.1. The van der Waals surface area contributed by atoms with Gasteiger partial charge in [-0.3, -0.25) is 0 Å². The first-order chi connectivity index (χ1) is 8.66. The Morgan fingerprint density at radius 1 is 0.833 bits per heavy atom. The van der Waals surface area contributed by atoms with Gasteiger partial charge in [-0.1, -0.05) is 13.8 Å². The van der Waals surface area contributed by atoms with Gasteiger partial charge in [0.25, 0.3) is 0 Å². The highest BCUT2D eigenvalue weighted by Crippen LogP contribution is 1.58. The lowest BCUT2D eigenvalue weighted by atomic mass is 10.5. The second-order valence-corrected chi connectivity index (χ2v) is 2.23. The third kappa shape index (κ3) is 159. The molecule has 0 unspecified atom stereocenters.